The third-order valence-corrected chi connectivity index (χ3v) is 13.0. The third-order valence-electron chi connectivity index (χ3n) is 13.0. The molecule has 5 rings (SSSR count). The summed E-state index contributed by atoms with van der Waals surface area (Å²) in [5.74, 6) is 0.365. The highest BCUT2D eigenvalue weighted by molar-refractivity contribution is 5.76. The van der Waals surface area contributed by atoms with Crippen molar-refractivity contribution < 1.29 is 20.1 Å². The van der Waals surface area contributed by atoms with E-state index < -0.39 is 23.6 Å². The van der Waals surface area contributed by atoms with Crippen LogP contribution in [0, 0.1) is 50.2 Å². The molecule has 0 saturated heterocycles. The van der Waals surface area contributed by atoms with E-state index >= 15 is 0 Å². The average Bonchev–Trinajstić information content (AvgIpc) is 2.72. The van der Waals surface area contributed by atoms with E-state index in [1.54, 1.807) is 0 Å². The molecule has 0 aromatic heterocycles. The smallest absolute Gasteiger partial charge is 0.310 e. The summed E-state index contributed by atoms with van der Waals surface area (Å²) in [7, 11) is 0. The summed E-state index contributed by atoms with van der Waals surface area (Å²) in [5, 5.41) is 32.4. The van der Waals surface area contributed by atoms with Crippen LogP contribution in [-0.2, 0) is 4.79 Å². The SMILES string of the molecule is CC1(C)CC[C@]2(C(=O)O)CC[C@]3(C)C(=CC[C@@H]4[C@@]5(C)C[C@H](O)[C@H](O)C(C)(C)[C@@H]5CC[C@]43C)[C@H]2C1. The van der Waals surface area contributed by atoms with Crippen LogP contribution in [0.25, 0.3) is 0 Å². The first kappa shape index (κ1) is 24.8. The molecule has 4 heteroatoms. The van der Waals surface area contributed by atoms with E-state index in [0.29, 0.717) is 18.3 Å². The van der Waals surface area contributed by atoms with Gasteiger partial charge in [-0.2, -0.15) is 0 Å². The second-order valence-electron chi connectivity index (χ2n) is 15.2. The molecule has 4 nitrogen and oxygen atoms in total. The van der Waals surface area contributed by atoms with Gasteiger partial charge in [-0.15, -0.1) is 0 Å². The van der Waals surface area contributed by atoms with Gasteiger partial charge in [0.1, 0.15) is 0 Å². The van der Waals surface area contributed by atoms with Crippen LogP contribution in [0.1, 0.15) is 106 Å². The molecule has 0 heterocycles. The molecule has 0 aromatic carbocycles. The lowest BCUT2D eigenvalue weighted by molar-refractivity contribution is -0.231. The molecule has 0 unspecified atom stereocenters. The van der Waals surface area contributed by atoms with Crippen molar-refractivity contribution in [2.75, 3.05) is 0 Å². The molecule has 5 aliphatic carbocycles. The Bertz CT molecular complexity index is 919. The Labute approximate surface area is 206 Å². The van der Waals surface area contributed by atoms with Crippen LogP contribution in [0.4, 0.5) is 0 Å². The van der Waals surface area contributed by atoms with Gasteiger partial charge in [-0.25, -0.2) is 0 Å². The number of hydrogen-bond acceptors (Lipinski definition) is 3. The van der Waals surface area contributed by atoms with Gasteiger partial charge >= 0.3 is 5.97 Å². The van der Waals surface area contributed by atoms with Crippen LogP contribution >= 0.6 is 0 Å². The number of allylic oxidation sites excluding steroid dienone is 2. The second-order valence-corrected chi connectivity index (χ2v) is 15.2. The van der Waals surface area contributed by atoms with E-state index in [-0.39, 0.29) is 33.0 Å². The van der Waals surface area contributed by atoms with Crippen molar-refractivity contribution in [3.8, 4) is 0 Å². The van der Waals surface area contributed by atoms with E-state index in [2.05, 4.69) is 54.5 Å². The maximum atomic E-state index is 12.8. The third kappa shape index (κ3) is 2.88. The van der Waals surface area contributed by atoms with Crippen LogP contribution in [0.3, 0.4) is 0 Å². The molecule has 0 bridgehead atoms. The number of carbonyl (C=O) groups is 1. The first-order valence-electron chi connectivity index (χ1n) is 13.9. The molecule has 5 aliphatic rings. The summed E-state index contributed by atoms with van der Waals surface area (Å²) in [4.78, 5) is 12.8. The maximum absolute atomic E-state index is 12.8. The zero-order valence-corrected chi connectivity index (χ0v) is 22.6. The molecular weight excluding hydrogens is 424 g/mol. The number of carboxylic acid groups (broad SMARTS) is 1. The lowest BCUT2D eigenvalue weighted by Gasteiger charge is -2.71. The Morgan fingerprint density at radius 3 is 2.18 bits per heavy atom. The predicted octanol–water partition coefficient (Wildman–Crippen LogP) is 6.20. The topological polar surface area (TPSA) is 77.8 Å². The van der Waals surface area contributed by atoms with Gasteiger partial charge in [-0.05, 0) is 103 Å². The fourth-order valence-corrected chi connectivity index (χ4v) is 10.8. The van der Waals surface area contributed by atoms with E-state index in [1.165, 1.54) is 5.57 Å². The summed E-state index contributed by atoms with van der Waals surface area (Å²) < 4.78 is 0. The molecule has 0 amide bonds. The minimum absolute atomic E-state index is 0.00785. The van der Waals surface area contributed by atoms with Crippen molar-refractivity contribution >= 4 is 5.97 Å². The number of aliphatic carboxylic acids is 1. The van der Waals surface area contributed by atoms with Crippen LogP contribution in [0.5, 0.6) is 0 Å². The van der Waals surface area contributed by atoms with Crippen LogP contribution in [0.2, 0.25) is 0 Å². The molecule has 4 fully saturated rings. The molecule has 0 aromatic rings. The van der Waals surface area contributed by atoms with Gasteiger partial charge in [0.05, 0.1) is 17.6 Å². The van der Waals surface area contributed by atoms with Gasteiger partial charge in [0.25, 0.3) is 0 Å². The minimum Gasteiger partial charge on any atom is -0.481 e. The second kappa shape index (κ2) is 7.12. The van der Waals surface area contributed by atoms with Crippen molar-refractivity contribution in [3.63, 3.8) is 0 Å². The molecule has 9 atom stereocenters. The lowest BCUT2D eigenvalue weighted by atomic mass is 9.33. The van der Waals surface area contributed by atoms with Gasteiger partial charge in [-0.1, -0.05) is 60.1 Å². The number of hydrogen-bond donors (Lipinski definition) is 3. The van der Waals surface area contributed by atoms with Crippen molar-refractivity contribution in [2.24, 2.45) is 50.2 Å². The van der Waals surface area contributed by atoms with Crippen LogP contribution < -0.4 is 0 Å². The van der Waals surface area contributed by atoms with E-state index in [1.807, 2.05) is 0 Å². The largest absolute Gasteiger partial charge is 0.481 e. The van der Waals surface area contributed by atoms with Gasteiger partial charge in [0, 0.05) is 0 Å². The normalized spacial score (nSPS) is 53.4. The van der Waals surface area contributed by atoms with E-state index in [9.17, 15) is 20.1 Å². The zero-order valence-electron chi connectivity index (χ0n) is 22.6. The van der Waals surface area contributed by atoms with Crippen LogP contribution in [0.15, 0.2) is 11.6 Å². The number of aliphatic hydroxyl groups is 2. The quantitative estimate of drug-likeness (QED) is 0.397. The van der Waals surface area contributed by atoms with Crippen molar-refractivity contribution in [2.45, 2.75) is 118 Å². The first-order chi connectivity index (χ1) is 15.6. The molecule has 34 heavy (non-hydrogen) atoms. The van der Waals surface area contributed by atoms with Crippen LogP contribution in [-0.4, -0.2) is 33.5 Å². The molecular formula is C30H48O4. The highest BCUT2D eigenvalue weighted by Crippen LogP contribution is 2.75. The Morgan fingerprint density at radius 2 is 1.53 bits per heavy atom. The predicted molar refractivity (Wildman–Crippen MR) is 134 cm³/mol. The van der Waals surface area contributed by atoms with E-state index in [0.717, 1.165) is 51.4 Å². The average molecular weight is 473 g/mol. The molecule has 3 N–H and O–H groups in total. The molecule has 192 valence electrons. The summed E-state index contributed by atoms with van der Waals surface area (Å²) in [5.41, 5.74) is 0.754. The van der Waals surface area contributed by atoms with Crippen molar-refractivity contribution in [1.29, 1.82) is 0 Å². The first-order valence-corrected chi connectivity index (χ1v) is 13.9. The highest BCUT2D eigenvalue weighted by Gasteiger charge is 2.70. The summed E-state index contributed by atoms with van der Waals surface area (Å²) in [6.07, 6.45) is 9.45. The summed E-state index contributed by atoms with van der Waals surface area (Å²) in [6.45, 7) is 16.3. The maximum Gasteiger partial charge on any atom is 0.310 e. The minimum atomic E-state index is -0.679. The van der Waals surface area contributed by atoms with E-state index in [4.69, 9.17) is 0 Å². The Kier molecular flexibility index (Phi) is 5.20. The van der Waals surface area contributed by atoms with Gasteiger partial charge in [0.15, 0.2) is 0 Å². The fourth-order valence-electron chi connectivity index (χ4n) is 10.8. The lowest BCUT2D eigenvalue weighted by Crippen LogP contribution is -2.67. The number of aliphatic hydroxyl groups excluding tert-OH is 2. The molecule has 0 aliphatic heterocycles. The number of rotatable bonds is 1. The molecule has 0 radical (unpaired) electrons. The summed E-state index contributed by atoms with van der Waals surface area (Å²) in [6, 6.07) is 0. The van der Waals surface area contributed by atoms with Gasteiger partial charge in [-0.3, -0.25) is 4.79 Å². The van der Waals surface area contributed by atoms with Crippen molar-refractivity contribution in [3.05, 3.63) is 11.6 Å². The van der Waals surface area contributed by atoms with Crippen molar-refractivity contribution in [1.82, 2.24) is 0 Å². The fraction of sp³-hybridized carbons (Fsp3) is 0.900. The van der Waals surface area contributed by atoms with Gasteiger partial charge in [0.2, 0.25) is 0 Å². The molecule has 0 spiro atoms. The van der Waals surface area contributed by atoms with Gasteiger partial charge < -0.3 is 15.3 Å². The number of fused-ring (bicyclic) bond motifs is 7. The Hall–Kier alpha value is -0.870. The number of carboxylic acids is 1. The zero-order chi connectivity index (χ0) is 25.1. The standard InChI is InChI=1S/C30H48O4/c1-25(2)12-14-30(24(33)34)15-13-28(6)18(19(30)16-25)8-9-22-27(5)17-20(31)23(32)26(3,4)21(27)10-11-29(22,28)7/h8,19-23,31-32H,9-17H2,1-7H3,(H,33,34)/t19-,20+,21+,22-,23+,27+,28-,29-,30+/m1/s1. The monoisotopic (exact) mass is 472 g/mol. The summed E-state index contributed by atoms with van der Waals surface area (Å²) >= 11 is 0. The Morgan fingerprint density at radius 1 is 0.882 bits per heavy atom. The highest BCUT2D eigenvalue weighted by atomic mass is 16.4. The molecule has 4 saturated carbocycles. The Balaban J connectivity index is 1.61.